The van der Waals surface area contributed by atoms with Crippen molar-refractivity contribution in [1.82, 2.24) is 15.1 Å². The normalized spacial score (nSPS) is 17.2. The summed E-state index contributed by atoms with van der Waals surface area (Å²) >= 11 is 0. The zero-order chi connectivity index (χ0) is 12.3. The number of carboxylic acids is 1. The van der Waals surface area contributed by atoms with E-state index in [2.05, 4.69) is 15.1 Å². The van der Waals surface area contributed by atoms with Gasteiger partial charge in [-0.2, -0.15) is 5.10 Å². The number of aliphatic carboxylic acids is 1. The summed E-state index contributed by atoms with van der Waals surface area (Å²) in [6.45, 7) is 4.11. The number of nitrogens with zero attached hydrogens (tertiary/aromatic N) is 2. The van der Waals surface area contributed by atoms with E-state index in [1.54, 1.807) is 0 Å². The molecule has 1 aliphatic heterocycles. The Morgan fingerprint density at radius 1 is 1.59 bits per heavy atom. The average Bonchev–Trinajstić information content (AvgIpc) is 2.69. The Hall–Kier alpha value is -1.36. The maximum Gasteiger partial charge on any atom is 0.303 e. The van der Waals surface area contributed by atoms with Crippen molar-refractivity contribution in [1.29, 1.82) is 0 Å². The number of piperidine rings is 1. The van der Waals surface area contributed by atoms with Gasteiger partial charge in [0.2, 0.25) is 0 Å². The zero-order valence-electron chi connectivity index (χ0n) is 10.1. The van der Waals surface area contributed by atoms with Crippen LogP contribution in [-0.4, -0.2) is 33.9 Å². The number of rotatable bonds is 4. The maximum absolute atomic E-state index is 10.6. The van der Waals surface area contributed by atoms with E-state index in [1.807, 2.05) is 13.1 Å². The van der Waals surface area contributed by atoms with E-state index in [1.165, 1.54) is 0 Å². The van der Waals surface area contributed by atoms with Crippen LogP contribution in [0.5, 0.6) is 0 Å². The van der Waals surface area contributed by atoms with Crippen LogP contribution in [-0.2, 0) is 11.2 Å². The van der Waals surface area contributed by atoms with Crippen LogP contribution < -0.4 is 5.32 Å². The molecule has 5 nitrogen and oxygen atoms in total. The molecule has 1 fully saturated rings. The molecule has 0 atom stereocenters. The number of hydrogen-bond donors (Lipinski definition) is 2. The van der Waals surface area contributed by atoms with Crippen LogP contribution in [0.15, 0.2) is 6.20 Å². The average molecular weight is 237 g/mol. The van der Waals surface area contributed by atoms with E-state index in [4.69, 9.17) is 5.11 Å². The van der Waals surface area contributed by atoms with Crippen LogP contribution >= 0.6 is 0 Å². The van der Waals surface area contributed by atoms with E-state index in [0.717, 1.165) is 37.2 Å². The smallest absolute Gasteiger partial charge is 0.303 e. The fraction of sp³-hybridized carbons (Fsp3) is 0.667. The Morgan fingerprint density at radius 3 is 2.94 bits per heavy atom. The Kier molecular flexibility index (Phi) is 3.78. The number of aromatic nitrogens is 2. The lowest BCUT2D eigenvalue weighted by Crippen LogP contribution is -2.30. The molecule has 0 aliphatic carbocycles. The maximum atomic E-state index is 10.6. The van der Waals surface area contributed by atoms with Gasteiger partial charge in [0.05, 0.1) is 12.2 Å². The van der Waals surface area contributed by atoms with Crippen molar-refractivity contribution in [3.8, 4) is 0 Å². The Bertz CT molecular complexity index is 394. The SMILES string of the molecule is Cc1c(CCC(=O)O)cnn1C1CCNCC1. The van der Waals surface area contributed by atoms with Crippen LogP contribution in [0.25, 0.3) is 0 Å². The Labute approximate surface area is 101 Å². The molecule has 5 heteroatoms. The Morgan fingerprint density at radius 2 is 2.29 bits per heavy atom. The Balaban J connectivity index is 2.05. The third-order valence-electron chi connectivity index (χ3n) is 3.41. The summed E-state index contributed by atoms with van der Waals surface area (Å²) in [5.74, 6) is -0.751. The molecule has 2 heterocycles. The van der Waals surface area contributed by atoms with Crippen molar-refractivity contribution in [2.45, 2.75) is 38.6 Å². The fourth-order valence-corrected chi connectivity index (χ4v) is 2.37. The summed E-state index contributed by atoms with van der Waals surface area (Å²) in [5, 5.41) is 16.4. The minimum absolute atomic E-state index is 0.179. The fourth-order valence-electron chi connectivity index (χ4n) is 2.37. The molecular weight excluding hydrogens is 218 g/mol. The summed E-state index contributed by atoms with van der Waals surface area (Å²) in [4.78, 5) is 10.6. The highest BCUT2D eigenvalue weighted by molar-refractivity contribution is 5.67. The minimum Gasteiger partial charge on any atom is -0.481 e. The lowest BCUT2D eigenvalue weighted by molar-refractivity contribution is -0.136. The topological polar surface area (TPSA) is 67.1 Å². The molecule has 0 amide bonds. The first kappa shape index (κ1) is 12.1. The van der Waals surface area contributed by atoms with Crippen LogP contribution in [0.3, 0.4) is 0 Å². The quantitative estimate of drug-likeness (QED) is 0.824. The molecule has 0 bridgehead atoms. The molecule has 1 saturated heterocycles. The summed E-state index contributed by atoms with van der Waals surface area (Å²) in [7, 11) is 0. The van der Waals surface area contributed by atoms with Gasteiger partial charge in [0.1, 0.15) is 0 Å². The lowest BCUT2D eigenvalue weighted by Gasteiger charge is -2.24. The number of carbonyl (C=O) groups is 1. The van der Waals surface area contributed by atoms with Crippen molar-refractivity contribution in [2.75, 3.05) is 13.1 Å². The predicted octanol–water partition coefficient (Wildman–Crippen LogP) is 1.13. The highest BCUT2D eigenvalue weighted by atomic mass is 16.4. The second-order valence-corrected chi connectivity index (χ2v) is 4.57. The van der Waals surface area contributed by atoms with E-state index in [0.29, 0.717) is 12.5 Å². The van der Waals surface area contributed by atoms with E-state index >= 15 is 0 Å². The molecule has 0 saturated carbocycles. The van der Waals surface area contributed by atoms with Gasteiger partial charge in [0.25, 0.3) is 0 Å². The van der Waals surface area contributed by atoms with Gasteiger partial charge in [0.15, 0.2) is 0 Å². The minimum atomic E-state index is -0.751. The summed E-state index contributed by atoms with van der Waals surface area (Å²) in [5.41, 5.74) is 2.18. The molecule has 2 rings (SSSR count). The van der Waals surface area contributed by atoms with Gasteiger partial charge < -0.3 is 10.4 Å². The monoisotopic (exact) mass is 237 g/mol. The number of hydrogen-bond acceptors (Lipinski definition) is 3. The summed E-state index contributed by atoms with van der Waals surface area (Å²) < 4.78 is 2.07. The first-order valence-electron chi connectivity index (χ1n) is 6.14. The summed E-state index contributed by atoms with van der Waals surface area (Å²) in [6.07, 6.45) is 4.77. The van der Waals surface area contributed by atoms with Gasteiger partial charge >= 0.3 is 5.97 Å². The zero-order valence-corrected chi connectivity index (χ0v) is 10.1. The second-order valence-electron chi connectivity index (χ2n) is 4.57. The van der Waals surface area contributed by atoms with E-state index < -0.39 is 5.97 Å². The van der Waals surface area contributed by atoms with Gasteiger partial charge in [-0.3, -0.25) is 9.48 Å². The van der Waals surface area contributed by atoms with Crippen molar-refractivity contribution in [2.24, 2.45) is 0 Å². The number of nitrogens with one attached hydrogen (secondary N) is 1. The molecule has 17 heavy (non-hydrogen) atoms. The molecule has 94 valence electrons. The molecule has 0 aromatic carbocycles. The van der Waals surface area contributed by atoms with Gasteiger partial charge in [-0.05, 0) is 44.8 Å². The molecule has 2 N–H and O–H groups in total. The van der Waals surface area contributed by atoms with Crippen LogP contribution in [0.1, 0.15) is 36.6 Å². The third-order valence-corrected chi connectivity index (χ3v) is 3.41. The third kappa shape index (κ3) is 2.85. The first-order valence-corrected chi connectivity index (χ1v) is 6.14. The van der Waals surface area contributed by atoms with Crippen LogP contribution in [0.4, 0.5) is 0 Å². The molecule has 1 aliphatic rings. The molecule has 0 unspecified atom stereocenters. The van der Waals surface area contributed by atoms with Crippen molar-refractivity contribution >= 4 is 5.97 Å². The largest absolute Gasteiger partial charge is 0.481 e. The van der Waals surface area contributed by atoms with E-state index in [9.17, 15) is 4.79 Å². The van der Waals surface area contributed by atoms with Crippen molar-refractivity contribution < 1.29 is 9.90 Å². The number of aryl methyl sites for hydroxylation is 1. The summed E-state index contributed by atoms with van der Waals surface area (Å²) in [6, 6.07) is 0.467. The standard InChI is InChI=1S/C12H19N3O2/c1-9-10(2-3-12(16)17)8-14-15(9)11-4-6-13-7-5-11/h8,11,13H,2-7H2,1H3,(H,16,17). The van der Waals surface area contributed by atoms with Crippen molar-refractivity contribution in [3.05, 3.63) is 17.5 Å². The second kappa shape index (κ2) is 5.31. The highest BCUT2D eigenvalue weighted by Crippen LogP contribution is 2.21. The molecule has 1 aromatic rings. The van der Waals surface area contributed by atoms with Gasteiger partial charge in [-0.25, -0.2) is 0 Å². The van der Waals surface area contributed by atoms with Crippen LogP contribution in [0, 0.1) is 6.92 Å². The lowest BCUT2D eigenvalue weighted by atomic mass is 10.1. The predicted molar refractivity (Wildman–Crippen MR) is 64.1 cm³/mol. The van der Waals surface area contributed by atoms with Gasteiger partial charge in [-0.1, -0.05) is 0 Å². The highest BCUT2D eigenvalue weighted by Gasteiger charge is 2.18. The molecule has 0 spiro atoms. The van der Waals surface area contributed by atoms with Gasteiger partial charge in [0, 0.05) is 12.1 Å². The van der Waals surface area contributed by atoms with Crippen LogP contribution in [0.2, 0.25) is 0 Å². The van der Waals surface area contributed by atoms with Gasteiger partial charge in [-0.15, -0.1) is 0 Å². The van der Waals surface area contributed by atoms with E-state index in [-0.39, 0.29) is 6.42 Å². The molecular formula is C12H19N3O2. The molecule has 0 radical (unpaired) electrons. The molecule has 1 aromatic heterocycles. The first-order chi connectivity index (χ1) is 8.18. The van der Waals surface area contributed by atoms with Crippen molar-refractivity contribution in [3.63, 3.8) is 0 Å². The number of carboxylic acid groups (broad SMARTS) is 1.